The number of hydrogen-bond donors (Lipinski definition) is 1. The van der Waals surface area contributed by atoms with Crippen LogP contribution in [-0.2, 0) is 20.1 Å². The summed E-state index contributed by atoms with van der Waals surface area (Å²) in [5, 5.41) is 11.5. The van der Waals surface area contributed by atoms with Crippen LogP contribution >= 0.6 is 15.9 Å². The first kappa shape index (κ1) is 17.4. The minimum absolute atomic E-state index is 0.0933. The molecular weight excluding hydrogens is 382 g/mol. The number of carbonyl (C=O) groups is 1. The smallest absolute Gasteiger partial charge is 0.251 e. The topological polar surface area (TPSA) is 64.7 Å². The van der Waals surface area contributed by atoms with Crippen LogP contribution in [0.25, 0.3) is 0 Å². The van der Waals surface area contributed by atoms with Crippen molar-refractivity contribution in [1.82, 2.24) is 24.9 Å². The number of nitrogens with zero attached hydrogens (tertiary/aromatic N) is 4. The SMILES string of the molecule is Cc1nn(Cc2ccc(C(=O)NCc3cnn(C)c3)cc2)c(C)c1Br. The van der Waals surface area contributed by atoms with Crippen molar-refractivity contribution in [3.8, 4) is 0 Å². The van der Waals surface area contributed by atoms with Crippen LogP contribution in [0.2, 0.25) is 0 Å². The molecule has 0 aliphatic carbocycles. The van der Waals surface area contributed by atoms with E-state index in [4.69, 9.17) is 0 Å². The average Bonchev–Trinajstić information content (AvgIpc) is 3.12. The number of nitrogens with one attached hydrogen (secondary N) is 1. The molecule has 0 aliphatic heterocycles. The molecular formula is C18H20BrN5O. The maximum Gasteiger partial charge on any atom is 0.251 e. The van der Waals surface area contributed by atoms with Gasteiger partial charge in [-0.25, -0.2) is 0 Å². The van der Waals surface area contributed by atoms with Gasteiger partial charge < -0.3 is 5.32 Å². The minimum Gasteiger partial charge on any atom is -0.348 e. The van der Waals surface area contributed by atoms with Crippen LogP contribution in [0, 0.1) is 13.8 Å². The van der Waals surface area contributed by atoms with Crippen molar-refractivity contribution in [2.75, 3.05) is 0 Å². The van der Waals surface area contributed by atoms with Crippen molar-refractivity contribution in [2.45, 2.75) is 26.9 Å². The first-order valence-electron chi connectivity index (χ1n) is 7.98. The van der Waals surface area contributed by atoms with Crippen molar-refractivity contribution in [3.63, 3.8) is 0 Å². The lowest BCUT2D eigenvalue weighted by atomic mass is 10.1. The van der Waals surface area contributed by atoms with E-state index >= 15 is 0 Å². The fourth-order valence-electron chi connectivity index (χ4n) is 2.61. The van der Waals surface area contributed by atoms with Gasteiger partial charge in [-0.3, -0.25) is 14.2 Å². The minimum atomic E-state index is -0.0933. The highest BCUT2D eigenvalue weighted by atomic mass is 79.9. The van der Waals surface area contributed by atoms with Crippen LogP contribution in [0.15, 0.2) is 41.1 Å². The molecule has 0 radical (unpaired) electrons. The van der Waals surface area contributed by atoms with E-state index in [1.807, 2.05) is 56.0 Å². The van der Waals surface area contributed by atoms with Crippen LogP contribution < -0.4 is 5.32 Å². The molecule has 2 heterocycles. The lowest BCUT2D eigenvalue weighted by Gasteiger charge is -2.07. The predicted molar refractivity (Wildman–Crippen MR) is 99.3 cm³/mol. The maximum absolute atomic E-state index is 12.2. The second-order valence-electron chi connectivity index (χ2n) is 6.04. The summed E-state index contributed by atoms with van der Waals surface area (Å²) < 4.78 is 4.71. The first-order valence-corrected chi connectivity index (χ1v) is 8.77. The van der Waals surface area contributed by atoms with Gasteiger partial charge in [-0.1, -0.05) is 12.1 Å². The number of carbonyl (C=O) groups excluding carboxylic acids is 1. The van der Waals surface area contributed by atoms with Gasteiger partial charge in [0, 0.05) is 30.9 Å². The Labute approximate surface area is 155 Å². The summed E-state index contributed by atoms with van der Waals surface area (Å²) in [5.41, 5.74) is 4.78. The second-order valence-corrected chi connectivity index (χ2v) is 6.84. The zero-order valence-electron chi connectivity index (χ0n) is 14.5. The van der Waals surface area contributed by atoms with Gasteiger partial charge in [0.25, 0.3) is 5.91 Å². The quantitative estimate of drug-likeness (QED) is 0.714. The Morgan fingerprint density at radius 2 is 1.92 bits per heavy atom. The standard InChI is InChI=1S/C18H20BrN5O/c1-12-17(19)13(2)24(22-12)11-14-4-6-16(7-5-14)18(25)20-8-15-9-21-23(3)10-15/h4-7,9-10H,8,11H2,1-3H3,(H,20,25). The molecule has 6 nitrogen and oxygen atoms in total. The molecule has 2 aromatic heterocycles. The lowest BCUT2D eigenvalue weighted by Crippen LogP contribution is -2.22. The summed E-state index contributed by atoms with van der Waals surface area (Å²) in [7, 11) is 1.85. The molecule has 3 rings (SSSR count). The highest BCUT2D eigenvalue weighted by molar-refractivity contribution is 9.10. The third-order valence-electron chi connectivity index (χ3n) is 4.05. The molecule has 0 saturated heterocycles. The fraction of sp³-hybridized carbons (Fsp3) is 0.278. The number of hydrogen-bond acceptors (Lipinski definition) is 3. The summed E-state index contributed by atoms with van der Waals surface area (Å²) in [4.78, 5) is 12.2. The molecule has 0 spiro atoms. The van der Waals surface area contributed by atoms with Crippen LogP contribution in [-0.4, -0.2) is 25.5 Å². The Hall–Kier alpha value is -2.41. The Bertz CT molecular complexity index is 895. The highest BCUT2D eigenvalue weighted by Crippen LogP contribution is 2.20. The van der Waals surface area contributed by atoms with E-state index in [9.17, 15) is 4.79 Å². The van der Waals surface area contributed by atoms with E-state index in [1.54, 1.807) is 10.9 Å². The molecule has 0 saturated carbocycles. The van der Waals surface area contributed by atoms with E-state index in [2.05, 4.69) is 31.4 Å². The van der Waals surface area contributed by atoms with Gasteiger partial charge in [-0.05, 0) is 47.5 Å². The summed E-state index contributed by atoms with van der Waals surface area (Å²) in [6.07, 6.45) is 3.63. The summed E-state index contributed by atoms with van der Waals surface area (Å²) >= 11 is 3.54. The number of halogens is 1. The number of rotatable bonds is 5. The van der Waals surface area contributed by atoms with E-state index in [1.165, 1.54) is 0 Å². The molecule has 0 aliphatic rings. The Kier molecular flexibility index (Phi) is 5.03. The van der Waals surface area contributed by atoms with Crippen molar-refractivity contribution < 1.29 is 4.79 Å². The maximum atomic E-state index is 12.2. The van der Waals surface area contributed by atoms with Crippen LogP contribution in [0.5, 0.6) is 0 Å². The van der Waals surface area contributed by atoms with Crippen molar-refractivity contribution in [1.29, 1.82) is 0 Å². The molecule has 0 fully saturated rings. The highest BCUT2D eigenvalue weighted by Gasteiger charge is 2.10. The molecule has 1 N–H and O–H groups in total. The molecule has 25 heavy (non-hydrogen) atoms. The first-order chi connectivity index (χ1) is 11.9. The molecule has 0 bridgehead atoms. The van der Waals surface area contributed by atoms with Gasteiger partial charge in [0.05, 0.1) is 28.6 Å². The average molecular weight is 402 g/mol. The van der Waals surface area contributed by atoms with Gasteiger partial charge in [0.15, 0.2) is 0 Å². The van der Waals surface area contributed by atoms with Gasteiger partial charge in [0.1, 0.15) is 0 Å². The second kappa shape index (κ2) is 7.23. The van der Waals surface area contributed by atoms with E-state index in [0.717, 1.165) is 27.0 Å². The normalized spacial score (nSPS) is 10.9. The monoisotopic (exact) mass is 401 g/mol. The lowest BCUT2D eigenvalue weighted by molar-refractivity contribution is 0.0951. The van der Waals surface area contributed by atoms with Crippen LogP contribution in [0.3, 0.4) is 0 Å². The number of amides is 1. The molecule has 0 atom stereocenters. The number of aromatic nitrogens is 4. The number of benzene rings is 1. The largest absolute Gasteiger partial charge is 0.348 e. The van der Waals surface area contributed by atoms with Gasteiger partial charge in [-0.2, -0.15) is 10.2 Å². The molecule has 1 amide bonds. The van der Waals surface area contributed by atoms with Gasteiger partial charge in [-0.15, -0.1) is 0 Å². The summed E-state index contributed by atoms with van der Waals surface area (Å²) in [5.74, 6) is -0.0933. The molecule has 0 unspecified atom stereocenters. The zero-order valence-corrected chi connectivity index (χ0v) is 16.0. The molecule has 130 valence electrons. The zero-order chi connectivity index (χ0) is 18.0. The Balaban J connectivity index is 1.63. The third-order valence-corrected chi connectivity index (χ3v) is 5.20. The Morgan fingerprint density at radius 3 is 2.48 bits per heavy atom. The van der Waals surface area contributed by atoms with Gasteiger partial charge in [0.2, 0.25) is 0 Å². The molecule has 1 aromatic carbocycles. The van der Waals surface area contributed by atoms with Crippen LogP contribution in [0.4, 0.5) is 0 Å². The van der Waals surface area contributed by atoms with Crippen molar-refractivity contribution in [2.24, 2.45) is 7.05 Å². The van der Waals surface area contributed by atoms with Gasteiger partial charge >= 0.3 is 0 Å². The fourth-order valence-corrected chi connectivity index (χ4v) is 2.90. The molecule has 7 heteroatoms. The summed E-state index contributed by atoms with van der Waals surface area (Å²) in [6.45, 7) is 5.15. The number of aryl methyl sites for hydroxylation is 2. The van der Waals surface area contributed by atoms with E-state index in [0.29, 0.717) is 18.7 Å². The van der Waals surface area contributed by atoms with E-state index in [-0.39, 0.29) is 5.91 Å². The van der Waals surface area contributed by atoms with E-state index < -0.39 is 0 Å². The van der Waals surface area contributed by atoms with Crippen LogP contribution in [0.1, 0.15) is 32.9 Å². The van der Waals surface area contributed by atoms with Crippen molar-refractivity contribution in [3.05, 3.63) is 69.2 Å². The Morgan fingerprint density at radius 1 is 1.20 bits per heavy atom. The third kappa shape index (κ3) is 3.99. The molecule has 3 aromatic rings. The van der Waals surface area contributed by atoms with Crippen molar-refractivity contribution >= 4 is 21.8 Å². The summed E-state index contributed by atoms with van der Waals surface area (Å²) in [6, 6.07) is 7.61. The predicted octanol–water partition coefficient (Wildman–Crippen LogP) is 2.97.